The van der Waals surface area contributed by atoms with Crippen LogP contribution in [-0.2, 0) is 9.53 Å². The van der Waals surface area contributed by atoms with Gasteiger partial charge in [0, 0.05) is 24.2 Å². The molecular formula is C25H29N5O4S. The number of nitrogens with zero attached hydrogens (tertiary/aromatic N) is 2. The fourth-order valence-electron chi connectivity index (χ4n) is 3.47. The van der Waals surface area contributed by atoms with Gasteiger partial charge < -0.3 is 20.5 Å². The van der Waals surface area contributed by atoms with E-state index in [4.69, 9.17) is 20.6 Å². The molecule has 0 radical (unpaired) electrons. The van der Waals surface area contributed by atoms with E-state index < -0.39 is 5.91 Å². The lowest BCUT2D eigenvalue weighted by Gasteiger charge is -2.26. The first kappa shape index (κ1) is 24.9. The van der Waals surface area contributed by atoms with Gasteiger partial charge in [0.05, 0.1) is 32.1 Å². The second kappa shape index (κ2) is 12.0. The number of hydrogen-bond donors (Lipinski definition) is 3. The van der Waals surface area contributed by atoms with E-state index in [0.29, 0.717) is 55.8 Å². The fraction of sp³-hybridized carbons (Fsp3) is 0.360. The van der Waals surface area contributed by atoms with E-state index in [1.54, 1.807) is 30.3 Å². The van der Waals surface area contributed by atoms with E-state index in [1.165, 1.54) is 0 Å². The number of nitrogens with two attached hydrogens (primary N) is 1. The van der Waals surface area contributed by atoms with E-state index in [1.807, 2.05) is 23.1 Å². The lowest BCUT2D eigenvalue weighted by atomic mass is 10.1. The Balaban J connectivity index is 1.45. The number of amidine groups is 1. The number of hydrogen-bond acceptors (Lipinski definition) is 7. The fourth-order valence-corrected chi connectivity index (χ4v) is 4.06. The minimum absolute atomic E-state index is 0.0317. The van der Waals surface area contributed by atoms with Crippen molar-refractivity contribution in [3.05, 3.63) is 59.7 Å². The van der Waals surface area contributed by atoms with Gasteiger partial charge in [0.25, 0.3) is 5.91 Å². The van der Waals surface area contributed by atoms with Crippen LogP contribution in [-0.4, -0.2) is 66.4 Å². The highest BCUT2D eigenvalue weighted by atomic mass is 32.2. The van der Waals surface area contributed by atoms with Crippen molar-refractivity contribution in [2.75, 3.05) is 44.8 Å². The summed E-state index contributed by atoms with van der Waals surface area (Å²) in [5.41, 5.74) is 7.31. The Kier molecular flexibility index (Phi) is 8.51. The Morgan fingerprint density at radius 1 is 1.14 bits per heavy atom. The predicted octanol–water partition coefficient (Wildman–Crippen LogP) is 2.96. The summed E-state index contributed by atoms with van der Waals surface area (Å²) in [7, 11) is 0. The average molecular weight is 496 g/mol. The van der Waals surface area contributed by atoms with Crippen LogP contribution in [0.3, 0.4) is 0 Å². The number of rotatable bonds is 8. The van der Waals surface area contributed by atoms with Gasteiger partial charge in [0.2, 0.25) is 5.91 Å². The van der Waals surface area contributed by atoms with Crippen molar-refractivity contribution in [3.8, 4) is 5.75 Å². The van der Waals surface area contributed by atoms with Crippen LogP contribution in [0.2, 0.25) is 0 Å². The number of thioether (sulfide) groups is 1. The van der Waals surface area contributed by atoms with E-state index in [0.717, 1.165) is 24.6 Å². The highest BCUT2D eigenvalue weighted by Crippen LogP contribution is 2.32. The first-order valence-corrected chi connectivity index (χ1v) is 12.4. The largest absolute Gasteiger partial charge is 0.491 e. The van der Waals surface area contributed by atoms with Gasteiger partial charge in [0.1, 0.15) is 10.8 Å². The van der Waals surface area contributed by atoms with E-state index in [-0.39, 0.29) is 28.2 Å². The van der Waals surface area contributed by atoms with Crippen LogP contribution in [0.1, 0.15) is 28.8 Å². The molecule has 2 aromatic rings. The second-order valence-corrected chi connectivity index (χ2v) is 9.49. The average Bonchev–Trinajstić information content (AvgIpc) is 3.69. The number of amides is 2. The summed E-state index contributed by atoms with van der Waals surface area (Å²) < 4.78 is 11.3. The molecule has 4 rings (SSSR count). The van der Waals surface area contributed by atoms with Crippen molar-refractivity contribution in [2.24, 2.45) is 16.6 Å². The molecule has 10 heteroatoms. The molecule has 2 aromatic carbocycles. The molecule has 0 aromatic heterocycles. The molecule has 1 aliphatic carbocycles. The molecular weight excluding hydrogens is 466 g/mol. The van der Waals surface area contributed by atoms with Gasteiger partial charge >= 0.3 is 0 Å². The zero-order chi connectivity index (χ0) is 24.6. The molecule has 0 atom stereocenters. The Hall–Kier alpha value is -3.21. The number of benzene rings is 2. The Bertz CT molecular complexity index is 1100. The molecule has 1 saturated carbocycles. The van der Waals surface area contributed by atoms with Crippen molar-refractivity contribution in [1.29, 1.82) is 5.41 Å². The maximum Gasteiger partial charge on any atom is 0.279 e. The predicted molar refractivity (Wildman–Crippen MR) is 137 cm³/mol. The number of anilines is 1. The summed E-state index contributed by atoms with van der Waals surface area (Å²) in [6.07, 6.45) is 2.28. The van der Waals surface area contributed by atoms with Crippen molar-refractivity contribution >= 4 is 39.5 Å². The van der Waals surface area contributed by atoms with E-state index >= 15 is 0 Å². The third-order valence-corrected chi connectivity index (χ3v) is 6.34. The zero-order valence-corrected chi connectivity index (χ0v) is 20.2. The minimum Gasteiger partial charge on any atom is -0.491 e. The summed E-state index contributed by atoms with van der Waals surface area (Å²) in [6.45, 7) is 3.40. The lowest BCUT2D eigenvalue weighted by molar-refractivity contribution is -0.118. The first-order valence-electron chi connectivity index (χ1n) is 11.5. The third kappa shape index (κ3) is 7.64. The summed E-state index contributed by atoms with van der Waals surface area (Å²) in [6, 6.07) is 13.9. The van der Waals surface area contributed by atoms with Crippen molar-refractivity contribution in [3.63, 3.8) is 0 Å². The molecule has 2 aliphatic rings. The molecule has 35 heavy (non-hydrogen) atoms. The molecule has 0 unspecified atom stereocenters. The normalized spacial score (nSPS) is 16.5. The van der Waals surface area contributed by atoms with Crippen LogP contribution in [0.4, 0.5) is 5.69 Å². The lowest BCUT2D eigenvalue weighted by Crippen LogP contribution is -2.41. The van der Waals surface area contributed by atoms with Gasteiger partial charge in [-0.1, -0.05) is 30.3 Å². The molecule has 2 amide bonds. The zero-order valence-electron chi connectivity index (χ0n) is 19.4. The van der Waals surface area contributed by atoms with Crippen molar-refractivity contribution < 1.29 is 19.1 Å². The van der Waals surface area contributed by atoms with Crippen molar-refractivity contribution in [2.45, 2.75) is 12.8 Å². The number of morpholine rings is 1. The molecule has 0 bridgehead atoms. The first-order chi connectivity index (χ1) is 17.0. The SMILES string of the molecule is N=C(SC(N)=NC(=O)c1ccc(OCC2CC2)c(NC(=O)CN2CCOCC2)c1)c1ccccc1. The number of ether oxygens (including phenoxy) is 2. The molecule has 1 heterocycles. The Morgan fingerprint density at radius 3 is 2.60 bits per heavy atom. The van der Waals surface area contributed by atoms with Crippen LogP contribution in [0.5, 0.6) is 5.75 Å². The smallest absolute Gasteiger partial charge is 0.279 e. The van der Waals surface area contributed by atoms with Crippen LogP contribution in [0, 0.1) is 11.3 Å². The molecule has 9 nitrogen and oxygen atoms in total. The summed E-state index contributed by atoms with van der Waals surface area (Å²) in [4.78, 5) is 31.4. The van der Waals surface area contributed by atoms with Crippen molar-refractivity contribution in [1.82, 2.24) is 4.90 Å². The number of carbonyl (C=O) groups excluding carboxylic acids is 2. The van der Waals surface area contributed by atoms with Gasteiger partial charge in [-0.3, -0.25) is 19.9 Å². The molecule has 184 valence electrons. The standard InChI is InChI=1S/C25H29N5O4S/c26-23(18-4-2-1-3-5-18)35-25(27)29-24(32)19-8-9-21(34-16-17-6-7-17)20(14-19)28-22(31)15-30-10-12-33-13-11-30/h1-5,8-9,14,17,26H,6-7,10-13,15-16H2,(H,28,31)(H2,27,29,32). The monoisotopic (exact) mass is 495 g/mol. The minimum atomic E-state index is -0.562. The number of nitrogens with one attached hydrogen (secondary N) is 2. The third-order valence-electron chi connectivity index (χ3n) is 5.60. The maximum atomic E-state index is 12.8. The molecule has 1 aliphatic heterocycles. The van der Waals surface area contributed by atoms with E-state index in [9.17, 15) is 9.59 Å². The van der Waals surface area contributed by atoms with Crippen LogP contribution < -0.4 is 15.8 Å². The van der Waals surface area contributed by atoms with Gasteiger partial charge in [-0.15, -0.1) is 0 Å². The highest BCUT2D eigenvalue weighted by molar-refractivity contribution is 8.26. The van der Waals surface area contributed by atoms with E-state index in [2.05, 4.69) is 10.3 Å². The highest BCUT2D eigenvalue weighted by Gasteiger charge is 2.23. The van der Waals surface area contributed by atoms with Crippen LogP contribution >= 0.6 is 11.8 Å². The van der Waals surface area contributed by atoms with Crippen LogP contribution in [0.15, 0.2) is 53.5 Å². The molecule has 2 fully saturated rings. The Labute approximate surface area is 208 Å². The quantitative estimate of drug-likeness (QED) is 0.379. The summed E-state index contributed by atoms with van der Waals surface area (Å²) in [5.74, 6) is 0.298. The summed E-state index contributed by atoms with van der Waals surface area (Å²) >= 11 is 0.911. The maximum absolute atomic E-state index is 12.8. The second-order valence-electron chi connectivity index (χ2n) is 8.45. The van der Waals surface area contributed by atoms with Gasteiger partial charge in [-0.2, -0.15) is 4.99 Å². The van der Waals surface area contributed by atoms with Gasteiger partial charge in [0.15, 0.2) is 5.17 Å². The summed E-state index contributed by atoms with van der Waals surface area (Å²) in [5, 5.41) is 11.2. The van der Waals surface area contributed by atoms with Crippen LogP contribution in [0.25, 0.3) is 0 Å². The Morgan fingerprint density at radius 2 is 1.89 bits per heavy atom. The number of aliphatic imine (C=N–C) groups is 1. The van der Waals surface area contributed by atoms with Gasteiger partial charge in [-0.05, 0) is 48.7 Å². The molecule has 4 N–H and O–H groups in total. The van der Waals surface area contributed by atoms with Gasteiger partial charge in [-0.25, -0.2) is 0 Å². The number of carbonyl (C=O) groups is 2. The molecule has 1 saturated heterocycles. The topological polar surface area (TPSA) is 130 Å². The molecule has 0 spiro atoms.